The van der Waals surface area contributed by atoms with Crippen LogP contribution in [-0.2, 0) is 9.59 Å². The molecule has 2 N–H and O–H groups in total. The Kier molecular flexibility index (Phi) is 6.61. The molecule has 0 saturated carbocycles. The maximum Gasteiger partial charge on any atom is 0.251 e. The zero-order valence-electron chi connectivity index (χ0n) is 16.7. The van der Waals surface area contributed by atoms with Gasteiger partial charge in [-0.15, -0.1) is 11.8 Å². The number of likely N-dealkylation sites (tertiary alicyclic amines) is 1. The average molecular weight is 405 g/mol. The van der Waals surface area contributed by atoms with Crippen LogP contribution >= 0.6 is 11.8 Å². The molecule has 0 radical (unpaired) electrons. The van der Waals surface area contributed by atoms with Gasteiger partial charge in [0.05, 0.1) is 17.0 Å². The fraction of sp³-hybridized carbons (Fsp3) is 0.550. The number of carbonyl (C=O) groups is 3. The summed E-state index contributed by atoms with van der Waals surface area (Å²) in [4.78, 5) is 41.3. The fourth-order valence-electron chi connectivity index (χ4n) is 3.61. The summed E-state index contributed by atoms with van der Waals surface area (Å²) in [5.74, 6) is -0.0321. The maximum absolute atomic E-state index is 12.4. The van der Waals surface area contributed by atoms with Gasteiger partial charge in [-0.2, -0.15) is 0 Å². The molecule has 8 heteroatoms. The lowest BCUT2D eigenvalue weighted by molar-refractivity contribution is -0.133. The molecule has 3 rings (SSSR count). The van der Waals surface area contributed by atoms with E-state index in [1.807, 2.05) is 13.0 Å². The minimum atomic E-state index is -0.150. The Morgan fingerprint density at radius 2 is 2.14 bits per heavy atom. The molecule has 1 aromatic rings. The predicted molar refractivity (Wildman–Crippen MR) is 111 cm³/mol. The Morgan fingerprint density at radius 1 is 1.36 bits per heavy atom. The lowest BCUT2D eigenvalue weighted by Gasteiger charge is -2.26. The van der Waals surface area contributed by atoms with E-state index in [-0.39, 0.29) is 29.0 Å². The van der Waals surface area contributed by atoms with Crippen molar-refractivity contribution in [3.8, 4) is 0 Å². The molecular formula is C20H28N4O3S. The van der Waals surface area contributed by atoms with Crippen molar-refractivity contribution in [2.75, 3.05) is 39.0 Å². The van der Waals surface area contributed by atoms with Crippen molar-refractivity contribution in [3.05, 3.63) is 23.8 Å². The molecule has 2 unspecified atom stereocenters. The minimum Gasteiger partial charge on any atom is -0.352 e. The van der Waals surface area contributed by atoms with Crippen LogP contribution in [0.5, 0.6) is 0 Å². The van der Waals surface area contributed by atoms with Crippen molar-refractivity contribution in [2.45, 2.75) is 42.4 Å². The van der Waals surface area contributed by atoms with E-state index in [0.29, 0.717) is 17.8 Å². The van der Waals surface area contributed by atoms with Crippen molar-refractivity contribution in [1.82, 2.24) is 15.1 Å². The molecule has 1 aromatic carbocycles. The van der Waals surface area contributed by atoms with Gasteiger partial charge in [-0.05, 0) is 50.9 Å². The topological polar surface area (TPSA) is 81.8 Å². The van der Waals surface area contributed by atoms with E-state index in [9.17, 15) is 14.4 Å². The lowest BCUT2D eigenvalue weighted by atomic mass is 10.1. The van der Waals surface area contributed by atoms with Gasteiger partial charge in [-0.1, -0.05) is 0 Å². The second kappa shape index (κ2) is 8.96. The highest BCUT2D eigenvalue weighted by molar-refractivity contribution is 8.00. The SMILES string of the molecule is CC1Sc2ccc(C(=O)NCCCN3CCCC3C(=O)N(C)C)cc2NC1=O. The highest BCUT2D eigenvalue weighted by Gasteiger charge is 2.31. The number of hydrogen-bond donors (Lipinski definition) is 2. The zero-order chi connectivity index (χ0) is 20.3. The van der Waals surface area contributed by atoms with Gasteiger partial charge < -0.3 is 15.5 Å². The molecule has 152 valence electrons. The molecular weight excluding hydrogens is 376 g/mol. The van der Waals surface area contributed by atoms with Gasteiger partial charge in [0.25, 0.3) is 5.91 Å². The van der Waals surface area contributed by atoms with Crippen molar-refractivity contribution in [2.24, 2.45) is 0 Å². The highest BCUT2D eigenvalue weighted by atomic mass is 32.2. The molecule has 0 bridgehead atoms. The number of carbonyl (C=O) groups excluding carboxylic acids is 3. The third-order valence-electron chi connectivity index (χ3n) is 5.17. The second-order valence-electron chi connectivity index (χ2n) is 7.50. The van der Waals surface area contributed by atoms with Gasteiger partial charge in [0.1, 0.15) is 0 Å². The fourth-order valence-corrected chi connectivity index (χ4v) is 4.54. The molecule has 0 aromatic heterocycles. The van der Waals surface area contributed by atoms with E-state index in [1.165, 1.54) is 11.8 Å². The Hall–Kier alpha value is -2.06. The summed E-state index contributed by atoms with van der Waals surface area (Å²) in [5, 5.41) is 5.66. The monoisotopic (exact) mass is 404 g/mol. The standard InChI is InChI=1S/C20H28N4O3S/c1-13-18(25)22-15-12-14(7-8-17(15)28-13)19(26)21-9-5-11-24-10-4-6-16(24)20(27)23(2)3/h7-8,12-13,16H,4-6,9-11H2,1-3H3,(H,21,26)(H,22,25). The summed E-state index contributed by atoms with van der Waals surface area (Å²) >= 11 is 1.50. The second-order valence-corrected chi connectivity index (χ2v) is 8.88. The third kappa shape index (κ3) is 4.67. The maximum atomic E-state index is 12.4. The molecule has 1 fully saturated rings. The van der Waals surface area contributed by atoms with Crippen molar-refractivity contribution in [1.29, 1.82) is 0 Å². The third-order valence-corrected chi connectivity index (χ3v) is 6.35. The van der Waals surface area contributed by atoms with Crippen LogP contribution in [0.3, 0.4) is 0 Å². The van der Waals surface area contributed by atoms with Gasteiger partial charge in [0, 0.05) is 37.6 Å². The van der Waals surface area contributed by atoms with Crippen LogP contribution in [-0.4, -0.2) is 72.5 Å². The summed E-state index contributed by atoms with van der Waals surface area (Å²) in [6.45, 7) is 4.13. The number of likely N-dealkylation sites (N-methyl/N-ethyl adjacent to an activating group) is 1. The first-order chi connectivity index (χ1) is 13.4. The van der Waals surface area contributed by atoms with Gasteiger partial charge in [-0.3, -0.25) is 19.3 Å². The molecule has 2 heterocycles. The molecule has 28 heavy (non-hydrogen) atoms. The van der Waals surface area contributed by atoms with Crippen LogP contribution in [0.1, 0.15) is 36.5 Å². The van der Waals surface area contributed by atoms with Crippen molar-refractivity contribution in [3.63, 3.8) is 0 Å². The number of fused-ring (bicyclic) bond motifs is 1. The zero-order valence-corrected chi connectivity index (χ0v) is 17.5. The molecule has 0 aliphatic carbocycles. The van der Waals surface area contributed by atoms with Gasteiger partial charge in [0.2, 0.25) is 11.8 Å². The molecule has 2 atom stereocenters. The van der Waals surface area contributed by atoms with Crippen LogP contribution < -0.4 is 10.6 Å². The first kappa shape index (κ1) is 20.7. The first-order valence-electron chi connectivity index (χ1n) is 9.72. The molecule has 1 saturated heterocycles. The van der Waals surface area contributed by atoms with Gasteiger partial charge in [-0.25, -0.2) is 0 Å². The van der Waals surface area contributed by atoms with Crippen LogP contribution in [0.2, 0.25) is 0 Å². The number of anilines is 1. The molecule has 2 aliphatic rings. The van der Waals surface area contributed by atoms with E-state index in [1.54, 1.807) is 31.1 Å². The van der Waals surface area contributed by atoms with Gasteiger partial charge in [0.15, 0.2) is 0 Å². The Morgan fingerprint density at radius 3 is 2.89 bits per heavy atom. The minimum absolute atomic E-state index is 0.0325. The quantitative estimate of drug-likeness (QED) is 0.707. The predicted octanol–water partition coefficient (Wildman–Crippen LogP) is 1.79. The number of benzene rings is 1. The van der Waals surface area contributed by atoms with Crippen LogP contribution in [0.15, 0.2) is 23.1 Å². The normalized spacial score (nSPS) is 21.8. The van der Waals surface area contributed by atoms with Crippen LogP contribution in [0.4, 0.5) is 5.69 Å². The Bertz CT molecular complexity index is 768. The smallest absolute Gasteiger partial charge is 0.251 e. The summed E-state index contributed by atoms with van der Waals surface area (Å²) in [5.41, 5.74) is 1.24. The lowest BCUT2D eigenvalue weighted by Crippen LogP contribution is -2.43. The van der Waals surface area contributed by atoms with Crippen molar-refractivity contribution >= 4 is 35.2 Å². The number of hydrogen-bond acceptors (Lipinski definition) is 5. The number of nitrogens with one attached hydrogen (secondary N) is 2. The van der Waals surface area contributed by atoms with E-state index in [2.05, 4.69) is 15.5 Å². The number of amides is 3. The van der Waals surface area contributed by atoms with E-state index < -0.39 is 0 Å². The molecule has 7 nitrogen and oxygen atoms in total. The summed E-state index contributed by atoms with van der Waals surface area (Å²) in [6, 6.07) is 5.37. The summed E-state index contributed by atoms with van der Waals surface area (Å²) < 4.78 is 0. The Labute approximate surface area is 170 Å². The van der Waals surface area contributed by atoms with Crippen LogP contribution in [0, 0.1) is 0 Å². The average Bonchev–Trinajstić information content (AvgIpc) is 3.13. The molecule has 2 aliphatic heterocycles. The molecule has 0 spiro atoms. The molecule has 3 amide bonds. The van der Waals surface area contributed by atoms with Crippen molar-refractivity contribution < 1.29 is 14.4 Å². The Balaban J connectivity index is 1.48. The number of thioether (sulfide) groups is 1. The first-order valence-corrected chi connectivity index (χ1v) is 10.6. The summed E-state index contributed by atoms with van der Waals surface area (Å²) in [6.07, 6.45) is 2.73. The van der Waals surface area contributed by atoms with E-state index in [0.717, 1.165) is 37.2 Å². The summed E-state index contributed by atoms with van der Waals surface area (Å²) in [7, 11) is 3.58. The number of nitrogens with zero attached hydrogens (tertiary/aromatic N) is 2. The largest absolute Gasteiger partial charge is 0.352 e. The number of rotatable bonds is 6. The van der Waals surface area contributed by atoms with E-state index in [4.69, 9.17) is 0 Å². The van der Waals surface area contributed by atoms with E-state index >= 15 is 0 Å². The van der Waals surface area contributed by atoms with Crippen LogP contribution in [0.25, 0.3) is 0 Å². The highest BCUT2D eigenvalue weighted by Crippen LogP contribution is 2.35. The van der Waals surface area contributed by atoms with Gasteiger partial charge >= 0.3 is 0 Å².